The van der Waals surface area contributed by atoms with E-state index in [1.807, 2.05) is 6.92 Å². The first-order chi connectivity index (χ1) is 14.6. The summed E-state index contributed by atoms with van der Waals surface area (Å²) in [6.45, 7) is 8.80. The molecule has 2 aromatic rings. The number of aromatic nitrogens is 4. The van der Waals surface area contributed by atoms with Gasteiger partial charge in [0.05, 0.1) is 18.9 Å². The Morgan fingerprint density at radius 3 is 2.73 bits per heavy atom. The largest absolute Gasteiger partial charge is 0.463 e. The molecule has 0 spiro atoms. The Morgan fingerprint density at radius 1 is 1.20 bits per heavy atom. The SMILES string of the molecule is CCCCOc1nc(N)c2[nH]c(=O)n(C/C(CC)=N\OCCCN3CCCC3)c2n1. The fraction of sp³-hybridized carbons (Fsp3) is 0.700. The number of hydrogen-bond acceptors (Lipinski definition) is 8. The van der Waals surface area contributed by atoms with Gasteiger partial charge >= 0.3 is 11.7 Å². The van der Waals surface area contributed by atoms with Crippen molar-refractivity contribution in [3.05, 3.63) is 10.5 Å². The van der Waals surface area contributed by atoms with Gasteiger partial charge in [-0.1, -0.05) is 25.4 Å². The van der Waals surface area contributed by atoms with Crippen molar-refractivity contribution in [2.45, 2.75) is 58.9 Å². The summed E-state index contributed by atoms with van der Waals surface area (Å²) in [6.07, 6.45) is 6.07. The molecule has 0 bridgehead atoms. The molecule has 1 saturated heterocycles. The number of nitrogens with two attached hydrogens (primary N) is 1. The summed E-state index contributed by atoms with van der Waals surface area (Å²) in [4.78, 5) is 31.7. The highest BCUT2D eigenvalue weighted by atomic mass is 16.6. The summed E-state index contributed by atoms with van der Waals surface area (Å²) < 4.78 is 7.07. The summed E-state index contributed by atoms with van der Waals surface area (Å²) in [5, 5.41) is 4.25. The molecule has 10 heteroatoms. The average Bonchev–Trinajstić information content (AvgIpc) is 3.36. The summed E-state index contributed by atoms with van der Waals surface area (Å²) in [7, 11) is 0. The Balaban J connectivity index is 1.65. The molecule has 10 nitrogen and oxygen atoms in total. The van der Waals surface area contributed by atoms with E-state index in [1.165, 1.54) is 30.5 Å². The minimum atomic E-state index is -0.313. The maximum absolute atomic E-state index is 12.5. The van der Waals surface area contributed by atoms with E-state index in [1.54, 1.807) is 0 Å². The molecule has 1 aliphatic heterocycles. The Bertz CT molecular complexity index is 900. The molecule has 0 radical (unpaired) electrons. The van der Waals surface area contributed by atoms with Gasteiger partial charge in [0.15, 0.2) is 11.5 Å². The highest BCUT2D eigenvalue weighted by molar-refractivity contribution is 5.87. The quantitative estimate of drug-likeness (QED) is 0.307. The molecular formula is C20H33N7O3. The number of oxime groups is 1. The predicted molar refractivity (Wildman–Crippen MR) is 117 cm³/mol. The third-order valence-electron chi connectivity index (χ3n) is 5.21. The molecular weight excluding hydrogens is 386 g/mol. The zero-order valence-corrected chi connectivity index (χ0v) is 18.0. The lowest BCUT2D eigenvalue weighted by Gasteiger charge is -2.13. The van der Waals surface area contributed by atoms with E-state index in [9.17, 15) is 4.79 Å². The van der Waals surface area contributed by atoms with E-state index in [4.69, 9.17) is 15.3 Å². The van der Waals surface area contributed by atoms with Crippen LogP contribution >= 0.6 is 0 Å². The van der Waals surface area contributed by atoms with Gasteiger partial charge in [-0.15, -0.1) is 0 Å². The van der Waals surface area contributed by atoms with Crippen molar-refractivity contribution in [2.75, 3.05) is 38.6 Å². The maximum atomic E-state index is 12.5. The molecule has 1 aliphatic rings. The smallest absolute Gasteiger partial charge is 0.328 e. The van der Waals surface area contributed by atoms with Crippen molar-refractivity contribution in [3.63, 3.8) is 0 Å². The van der Waals surface area contributed by atoms with E-state index >= 15 is 0 Å². The van der Waals surface area contributed by atoms with Crippen LogP contribution in [-0.2, 0) is 11.4 Å². The van der Waals surface area contributed by atoms with Crippen LogP contribution in [0.25, 0.3) is 11.2 Å². The third kappa shape index (κ3) is 5.71. The number of imidazole rings is 1. The van der Waals surface area contributed by atoms with Crippen LogP contribution in [0, 0.1) is 0 Å². The molecule has 166 valence electrons. The number of nitrogen functional groups attached to an aromatic ring is 1. The lowest BCUT2D eigenvalue weighted by atomic mass is 10.3. The summed E-state index contributed by atoms with van der Waals surface area (Å²) in [5.74, 6) is 0.190. The monoisotopic (exact) mass is 419 g/mol. The zero-order chi connectivity index (χ0) is 21.3. The van der Waals surface area contributed by atoms with Gasteiger partial charge in [0.2, 0.25) is 0 Å². The first-order valence-electron chi connectivity index (χ1n) is 10.9. The lowest BCUT2D eigenvalue weighted by Crippen LogP contribution is -2.22. The van der Waals surface area contributed by atoms with Crippen molar-refractivity contribution >= 4 is 22.7 Å². The van der Waals surface area contributed by atoms with Gasteiger partial charge in [0, 0.05) is 6.54 Å². The summed E-state index contributed by atoms with van der Waals surface area (Å²) in [6, 6.07) is 0.175. The summed E-state index contributed by atoms with van der Waals surface area (Å²) >= 11 is 0. The van der Waals surface area contributed by atoms with Gasteiger partial charge < -0.3 is 25.2 Å². The van der Waals surface area contributed by atoms with E-state index in [0.717, 1.165) is 31.5 Å². The van der Waals surface area contributed by atoms with E-state index < -0.39 is 0 Å². The van der Waals surface area contributed by atoms with Gasteiger partial charge in [-0.3, -0.25) is 4.57 Å². The zero-order valence-electron chi connectivity index (χ0n) is 18.0. The molecule has 0 aromatic carbocycles. The number of likely N-dealkylation sites (tertiary alicyclic amines) is 1. The average molecular weight is 420 g/mol. The van der Waals surface area contributed by atoms with E-state index in [0.29, 0.717) is 30.8 Å². The molecule has 3 heterocycles. The molecule has 0 atom stereocenters. The molecule has 0 aliphatic carbocycles. The Morgan fingerprint density at radius 2 is 2.00 bits per heavy atom. The second-order valence-corrected chi connectivity index (χ2v) is 7.55. The number of ether oxygens (including phenoxy) is 1. The third-order valence-corrected chi connectivity index (χ3v) is 5.21. The molecule has 0 amide bonds. The summed E-state index contributed by atoms with van der Waals surface area (Å²) in [5.41, 5.74) is 7.26. The van der Waals surface area contributed by atoms with E-state index in [2.05, 4.69) is 31.9 Å². The van der Waals surface area contributed by atoms with Gasteiger partial charge in [-0.05, 0) is 45.2 Å². The van der Waals surface area contributed by atoms with Crippen molar-refractivity contribution in [1.29, 1.82) is 0 Å². The molecule has 3 N–H and O–H groups in total. The van der Waals surface area contributed by atoms with Crippen LogP contribution in [-0.4, -0.2) is 63.0 Å². The molecule has 0 saturated carbocycles. The number of nitrogens with one attached hydrogen (secondary N) is 1. The topological polar surface area (TPSA) is 124 Å². The van der Waals surface area contributed by atoms with Crippen LogP contribution in [0.4, 0.5) is 5.82 Å². The molecule has 1 fully saturated rings. The predicted octanol–water partition coefficient (Wildman–Crippen LogP) is 2.15. The number of hydrogen-bond donors (Lipinski definition) is 2. The van der Waals surface area contributed by atoms with Gasteiger partial charge in [-0.2, -0.15) is 9.97 Å². The molecule has 0 unspecified atom stereocenters. The minimum absolute atomic E-state index is 0.175. The lowest BCUT2D eigenvalue weighted by molar-refractivity contribution is 0.131. The fourth-order valence-corrected chi connectivity index (χ4v) is 3.43. The van der Waals surface area contributed by atoms with Gasteiger partial charge in [0.25, 0.3) is 0 Å². The highest BCUT2D eigenvalue weighted by Crippen LogP contribution is 2.18. The molecule has 3 rings (SSSR count). The number of fused-ring (bicyclic) bond motifs is 1. The number of unbranched alkanes of at least 4 members (excludes halogenated alkanes) is 1. The normalized spacial score (nSPS) is 15.2. The number of H-pyrrole nitrogens is 1. The minimum Gasteiger partial charge on any atom is -0.463 e. The van der Waals surface area contributed by atoms with Crippen molar-refractivity contribution in [3.8, 4) is 6.01 Å². The number of rotatable bonds is 12. The Hall–Kier alpha value is -2.62. The van der Waals surface area contributed by atoms with Crippen LogP contribution in [0.1, 0.15) is 52.4 Å². The highest BCUT2D eigenvalue weighted by Gasteiger charge is 2.16. The molecule has 2 aromatic heterocycles. The van der Waals surface area contributed by atoms with Crippen molar-refractivity contribution in [2.24, 2.45) is 5.16 Å². The van der Waals surface area contributed by atoms with Crippen LogP contribution in [0.2, 0.25) is 0 Å². The van der Waals surface area contributed by atoms with E-state index in [-0.39, 0.29) is 24.1 Å². The standard InChI is InChI=1S/C20H33N7O3/c1-3-5-12-29-19-23-17(21)16-18(24-19)27(20(28)22-16)14-15(4-2)25-30-13-8-11-26-9-6-7-10-26/h3-14H2,1-2H3,(H,22,28)(H2,21,23,24)/b25-15-. The van der Waals surface area contributed by atoms with Crippen molar-refractivity contribution < 1.29 is 9.57 Å². The number of nitrogens with zero attached hydrogens (tertiary/aromatic N) is 5. The van der Waals surface area contributed by atoms with Gasteiger partial charge in [-0.25, -0.2) is 4.79 Å². The van der Waals surface area contributed by atoms with Crippen LogP contribution in [0.15, 0.2) is 9.95 Å². The van der Waals surface area contributed by atoms with Crippen molar-refractivity contribution in [1.82, 2.24) is 24.4 Å². The van der Waals surface area contributed by atoms with Gasteiger partial charge in [0.1, 0.15) is 12.1 Å². The Labute approximate surface area is 176 Å². The second-order valence-electron chi connectivity index (χ2n) is 7.55. The second kappa shape index (κ2) is 11.0. The number of aromatic amines is 1. The maximum Gasteiger partial charge on any atom is 0.328 e. The Kier molecular flexibility index (Phi) is 8.06. The van der Waals surface area contributed by atoms with Crippen LogP contribution in [0.5, 0.6) is 6.01 Å². The first kappa shape index (κ1) is 22.1. The fourth-order valence-electron chi connectivity index (χ4n) is 3.43. The van der Waals surface area contributed by atoms with Crippen LogP contribution in [0.3, 0.4) is 0 Å². The van der Waals surface area contributed by atoms with Crippen LogP contribution < -0.4 is 16.2 Å². The molecule has 30 heavy (non-hydrogen) atoms. The first-order valence-corrected chi connectivity index (χ1v) is 10.9. The number of anilines is 1.